The number of anilines is 1. The Kier molecular flexibility index (Phi) is 4.29. The number of hydrogen-bond acceptors (Lipinski definition) is 6. The number of thiophene rings is 1. The molecule has 2 heterocycles. The molecule has 1 aliphatic heterocycles. The minimum Gasteiger partial charge on any atom is -0.478 e. The minimum absolute atomic E-state index is 0.134. The first kappa shape index (κ1) is 16.5. The van der Waals surface area contributed by atoms with Gasteiger partial charge in [-0.15, -0.1) is 11.3 Å². The van der Waals surface area contributed by atoms with Crippen molar-refractivity contribution in [2.45, 2.75) is 24.3 Å². The van der Waals surface area contributed by atoms with Gasteiger partial charge in [-0.3, -0.25) is 9.59 Å². The maximum atomic E-state index is 12.3. The Morgan fingerprint density at radius 2 is 2.17 bits per heavy atom. The molecule has 1 aromatic heterocycles. The van der Waals surface area contributed by atoms with Crippen molar-refractivity contribution in [1.29, 1.82) is 0 Å². The van der Waals surface area contributed by atoms with Gasteiger partial charge < -0.3 is 10.1 Å². The van der Waals surface area contributed by atoms with E-state index < -0.39 is 22.0 Å². The fourth-order valence-corrected chi connectivity index (χ4v) is 3.88. The molecule has 1 atom stereocenters. The van der Waals surface area contributed by atoms with Gasteiger partial charge in [0.15, 0.2) is 6.10 Å². The maximum Gasteiger partial charge on any atom is 0.275 e. The molecule has 126 valence electrons. The lowest BCUT2D eigenvalue weighted by atomic mass is 10.2. The SMILES string of the molecule is CC[C@H]1Oc2ccc(S(=O)(=O)NC(=O)c3cccs3)cc2NC1=O. The van der Waals surface area contributed by atoms with E-state index in [9.17, 15) is 18.0 Å². The van der Waals surface area contributed by atoms with Gasteiger partial charge in [-0.05, 0) is 36.1 Å². The number of rotatable bonds is 4. The lowest BCUT2D eigenvalue weighted by Crippen LogP contribution is -2.36. The Morgan fingerprint density at radius 1 is 1.38 bits per heavy atom. The highest BCUT2D eigenvalue weighted by Crippen LogP contribution is 2.32. The average molecular weight is 366 g/mol. The Hall–Kier alpha value is -2.39. The quantitative estimate of drug-likeness (QED) is 0.861. The summed E-state index contributed by atoms with van der Waals surface area (Å²) < 4.78 is 32.2. The lowest BCUT2D eigenvalue weighted by molar-refractivity contribution is -0.123. The van der Waals surface area contributed by atoms with Crippen LogP contribution < -0.4 is 14.8 Å². The molecule has 0 aliphatic carbocycles. The van der Waals surface area contributed by atoms with Gasteiger partial charge in [-0.1, -0.05) is 13.0 Å². The van der Waals surface area contributed by atoms with Crippen LogP contribution in [0.4, 0.5) is 5.69 Å². The van der Waals surface area contributed by atoms with Crippen LogP contribution in [-0.2, 0) is 14.8 Å². The zero-order chi connectivity index (χ0) is 17.3. The summed E-state index contributed by atoms with van der Waals surface area (Å²) in [5.74, 6) is -0.638. The van der Waals surface area contributed by atoms with Crippen LogP contribution in [0.5, 0.6) is 5.75 Å². The van der Waals surface area contributed by atoms with E-state index in [1.807, 2.05) is 11.6 Å². The first-order valence-electron chi connectivity index (χ1n) is 7.13. The van der Waals surface area contributed by atoms with Gasteiger partial charge >= 0.3 is 0 Å². The van der Waals surface area contributed by atoms with Gasteiger partial charge in [0.05, 0.1) is 15.5 Å². The van der Waals surface area contributed by atoms with Gasteiger partial charge in [-0.2, -0.15) is 0 Å². The molecule has 0 saturated carbocycles. The van der Waals surface area contributed by atoms with Crippen LogP contribution in [0.3, 0.4) is 0 Å². The molecular formula is C15H14N2O5S2. The van der Waals surface area contributed by atoms with Crippen molar-refractivity contribution in [2.24, 2.45) is 0 Å². The summed E-state index contributed by atoms with van der Waals surface area (Å²) in [7, 11) is -4.06. The van der Waals surface area contributed by atoms with E-state index in [4.69, 9.17) is 4.74 Å². The molecule has 0 spiro atoms. The van der Waals surface area contributed by atoms with E-state index in [1.54, 1.807) is 11.4 Å². The largest absolute Gasteiger partial charge is 0.478 e. The van der Waals surface area contributed by atoms with E-state index in [1.165, 1.54) is 24.3 Å². The summed E-state index contributed by atoms with van der Waals surface area (Å²) in [4.78, 5) is 23.9. The van der Waals surface area contributed by atoms with Crippen LogP contribution in [0, 0.1) is 0 Å². The molecular weight excluding hydrogens is 352 g/mol. The molecule has 2 N–H and O–H groups in total. The highest BCUT2D eigenvalue weighted by atomic mass is 32.2. The van der Waals surface area contributed by atoms with Crippen molar-refractivity contribution in [1.82, 2.24) is 4.72 Å². The fraction of sp³-hybridized carbons (Fsp3) is 0.200. The number of carbonyl (C=O) groups excluding carboxylic acids is 2. The van der Waals surface area contributed by atoms with Crippen LogP contribution in [0.25, 0.3) is 0 Å². The number of fused-ring (bicyclic) bond motifs is 1. The number of ether oxygens (including phenoxy) is 1. The van der Waals surface area contributed by atoms with E-state index in [0.29, 0.717) is 17.0 Å². The second-order valence-electron chi connectivity index (χ2n) is 5.07. The van der Waals surface area contributed by atoms with Gasteiger partial charge in [0, 0.05) is 0 Å². The monoisotopic (exact) mass is 366 g/mol. The first-order chi connectivity index (χ1) is 11.4. The zero-order valence-electron chi connectivity index (χ0n) is 12.6. The molecule has 0 unspecified atom stereocenters. The molecule has 0 saturated heterocycles. The number of amides is 2. The predicted octanol–water partition coefficient (Wildman–Crippen LogP) is 1.98. The summed E-state index contributed by atoms with van der Waals surface area (Å²) in [6.07, 6.45) is -0.0964. The van der Waals surface area contributed by atoms with E-state index >= 15 is 0 Å². The molecule has 2 amide bonds. The highest BCUT2D eigenvalue weighted by Gasteiger charge is 2.28. The molecule has 24 heavy (non-hydrogen) atoms. The smallest absolute Gasteiger partial charge is 0.275 e. The van der Waals surface area contributed by atoms with Crippen molar-refractivity contribution in [3.05, 3.63) is 40.6 Å². The Bertz CT molecular complexity index is 891. The third-order valence-electron chi connectivity index (χ3n) is 3.42. The molecule has 9 heteroatoms. The van der Waals surface area contributed by atoms with Gasteiger partial charge in [-0.25, -0.2) is 13.1 Å². The molecule has 2 aromatic rings. The van der Waals surface area contributed by atoms with Crippen molar-refractivity contribution >= 4 is 38.9 Å². The zero-order valence-corrected chi connectivity index (χ0v) is 14.2. The van der Waals surface area contributed by atoms with Gasteiger partial charge in [0.2, 0.25) is 0 Å². The molecule has 0 fully saturated rings. The van der Waals surface area contributed by atoms with E-state index in [0.717, 1.165) is 11.3 Å². The average Bonchev–Trinajstić information content (AvgIpc) is 3.07. The van der Waals surface area contributed by atoms with Crippen LogP contribution in [0.1, 0.15) is 23.0 Å². The Morgan fingerprint density at radius 3 is 2.83 bits per heavy atom. The van der Waals surface area contributed by atoms with Crippen molar-refractivity contribution in [3.8, 4) is 5.75 Å². The maximum absolute atomic E-state index is 12.3. The Labute approximate surface area is 142 Å². The fourth-order valence-electron chi connectivity index (χ4n) is 2.20. The summed E-state index contributed by atoms with van der Waals surface area (Å²) in [5.41, 5.74) is 0.260. The van der Waals surface area contributed by atoms with Crippen molar-refractivity contribution in [3.63, 3.8) is 0 Å². The summed E-state index contributed by atoms with van der Waals surface area (Å²) in [6.45, 7) is 1.81. The molecule has 0 bridgehead atoms. The van der Waals surface area contributed by atoms with E-state index in [2.05, 4.69) is 5.32 Å². The normalized spacial score (nSPS) is 16.7. The molecule has 7 nitrogen and oxygen atoms in total. The van der Waals surface area contributed by atoms with Gasteiger partial charge in [0.25, 0.3) is 21.8 Å². The van der Waals surface area contributed by atoms with Gasteiger partial charge in [0.1, 0.15) is 5.75 Å². The minimum atomic E-state index is -4.06. The molecule has 1 aromatic carbocycles. The second kappa shape index (κ2) is 6.25. The summed E-state index contributed by atoms with van der Waals surface area (Å²) in [5, 5.41) is 4.29. The first-order valence-corrected chi connectivity index (χ1v) is 9.49. The van der Waals surface area contributed by atoms with Crippen molar-refractivity contribution in [2.75, 3.05) is 5.32 Å². The summed E-state index contributed by atoms with van der Waals surface area (Å²) in [6, 6.07) is 7.24. The standard InChI is InChI=1S/C15H14N2O5S2/c1-2-11-14(18)16-10-8-9(5-6-12(10)22-11)24(20,21)17-15(19)13-4-3-7-23-13/h3-8,11H,2H2,1H3,(H,16,18)(H,17,19)/t11-/m1/s1. The molecule has 3 rings (SSSR count). The topological polar surface area (TPSA) is 102 Å². The Balaban J connectivity index is 1.86. The number of hydrogen-bond donors (Lipinski definition) is 2. The third-order valence-corrected chi connectivity index (χ3v) is 5.62. The summed E-state index contributed by atoms with van der Waals surface area (Å²) >= 11 is 1.14. The van der Waals surface area contributed by atoms with Crippen LogP contribution >= 0.6 is 11.3 Å². The van der Waals surface area contributed by atoms with Crippen LogP contribution in [0.15, 0.2) is 40.6 Å². The number of benzene rings is 1. The number of sulfonamides is 1. The van der Waals surface area contributed by atoms with Crippen LogP contribution in [-0.4, -0.2) is 26.3 Å². The number of nitrogens with one attached hydrogen (secondary N) is 2. The highest BCUT2D eigenvalue weighted by molar-refractivity contribution is 7.90. The molecule has 0 radical (unpaired) electrons. The number of carbonyl (C=O) groups is 2. The third kappa shape index (κ3) is 3.13. The molecule has 1 aliphatic rings. The second-order valence-corrected chi connectivity index (χ2v) is 7.70. The lowest BCUT2D eigenvalue weighted by Gasteiger charge is -2.25. The predicted molar refractivity (Wildman–Crippen MR) is 88.7 cm³/mol. The van der Waals surface area contributed by atoms with Crippen LogP contribution in [0.2, 0.25) is 0 Å². The van der Waals surface area contributed by atoms with Crippen molar-refractivity contribution < 1.29 is 22.7 Å². The van der Waals surface area contributed by atoms with E-state index in [-0.39, 0.29) is 16.5 Å².